The molecule has 0 amide bonds. The molecule has 1 aromatic rings. The number of rotatable bonds is 0. The SMILES string of the molecule is O=S1C=C2C=Nc3ccccc3N2C1. The zero-order valence-electron chi connectivity index (χ0n) is 7.38. The molecular formula is C10H8N2OS. The van der Waals surface area contributed by atoms with Crippen LogP contribution in [0.3, 0.4) is 0 Å². The van der Waals surface area contributed by atoms with Crippen LogP contribution in [-0.4, -0.2) is 16.3 Å². The van der Waals surface area contributed by atoms with Gasteiger partial charge in [0.25, 0.3) is 0 Å². The van der Waals surface area contributed by atoms with Crippen LogP contribution in [-0.2, 0) is 10.8 Å². The molecule has 14 heavy (non-hydrogen) atoms. The van der Waals surface area contributed by atoms with Crippen molar-refractivity contribution in [1.29, 1.82) is 0 Å². The van der Waals surface area contributed by atoms with Crippen LogP contribution in [0.25, 0.3) is 0 Å². The van der Waals surface area contributed by atoms with Crippen LogP contribution in [0.2, 0.25) is 0 Å². The Hall–Kier alpha value is -1.42. The molecule has 0 aliphatic carbocycles. The molecule has 1 unspecified atom stereocenters. The Balaban J connectivity index is 2.19. The van der Waals surface area contributed by atoms with E-state index < -0.39 is 10.8 Å². The Bertz CT molecular complexity index is 479. The number of hydrogen-bond donors (Lipinski definition) is 0. The Morgan fingerprint density at radius 2 is 2.21 bits per heavy atom. The van der Waals surface area contributed by atoms with Gasteiger partial charge < -0.3 is 4.90 Å². The molecule has 0 bridgehead atoms. The molecule has 2 heterocycles. The van der Waals surface area contributed by atoms with Gasteiger partial charge in [0.05, 0.1) is 34.1 Å². The van der Waals surface area contributed by atoms with Gasteiger partial charge in [0.1, 0.15) is 5.88 Å². The first-order valence-electron chi connectivity index (χ1n) is 4.34. The minimum atomic E-state index is -0.877. The van der Waals surface area contributed by atoms with Crippen molar-refractivity contribution in [2.24, 2.45) is 4.99 Å². The number of anilines is 1. The maximum atomic E-state index is 11.4. The van der Waals surface area contributed by atoms with Gasteiger partial charge >= 0.3 is 0 Å². The van der Waals surface area contributed by atoms with E-state index in [9.17, 15) is 4.21 Å². The van der Waals surface area contributed by atoms with Gasteiger partial charge in [0.2, 0.25) is 0 Å². The van der Waals surface area contributed by atoms with E-state index in [1.54, 1.807) is 11.6 Å². The highest BCUT2D eigenvalue weighted by atomic mass is 32.2. The zero-order valence-corrected chi connectivity index (χ0v) is 8.20. The van der Waals surface area contributed by atoms with Crippen LogP contribution in [0.1, 0.15) is 0 Å². The molecule has 0 saturated heterocycles. The summed E-state index contributed by atoms with van der Waals surface area (Å²) in [5.41, 5.74) is 2.94. The van der Waals surface area contributed by atoms with Crippen molar-refractivity contribution in [3.63, 3.8) is 0 Å². The zero-order chi connectivity index (χ0) is 9.54. The number of benzene rings is 1. The first-order valence-corrected chi connectivity index (χ1v) is 5.72. The molecule has 3 rings (SSSR count). The van der Waals surface area contributed by atoms with Crippen molar-refractivity contribution in [1.82, 2.24) is 0 Å². The highest BCUT2D eigenvalue weighted by Gasteiger charge is 2.24. The minimum Gasteiger partial charge on any atom is -0.325 e. The Morgan fingerprint density at radius 1 is 1.36 bits per heavy atom. The average molecular weight is 204 g/mol. The molecule has 0 aromatic heterocycles. The van der Waals surface area contributed by atoms with Gasteiger partial charge in [0.15, 0.2) is 0 Å². The predicted molar refractivity (Wildman–Crippen MR) is 58.2 cm³/mol. The summed E-state index contributed by atoms with van der Waals surface area (Å²) in [5, 5.41) is 1.75. The summed E-state index contributed by atoms with van der Waals surface area (Å²) in [6, 6.07) is 7.89. The molecular weight excluding hydrogens is 196 g/mol. The molecule has 0 fully saturated rings. The van der Waals surface area contributed by atoms with Crippen LogP contribution >= 0.6 is 0 Å². The highest BCUT2D eigenvalue weighted by Crippen LogP contribution is 2.36. The summed E-state index contributed by atoms with van der Waals surface area (Å²) in [7, 11) is -0.877. The fourth-order valence-corrected chi connectivity index (χ4v) is 2.76. The molecule has 0 spiro atoms. The molecule has 1 aromatic carbocycles. The summed E-state index contributed by atoms with van der Waals surface area (Å²) in [4.78, 5) is 6.34. The lowest BCUT2D eigenvalue weighted by atomic mass is 10.2. The second-order valence-electron chi connectivity index (χ2n) is 3.23. The van der Waals surface area contributed by atoms with E-state index in [1.165, 1.54) is 0 Å². The van der Waals surface area contributed by atoms with Crippen molar-refractivity contribution in [3.05, 3.63) is 35.4 Å². The second kappa shape index (κ2) is 2.78. The maximum absolute atomic E-state index is 11.4. The number of aliphatic imine (C=N–C) groups is 1. The molecule has 1 atom stereocenters. The molecule has 0 N–H and O–H groups in total. The average Bonchev–Trinajstić information content (AvgIpc) is 2.59. The third-order valence-electron chi connectivity index (χ3n) is 2.33. The lowest BCUT2D eigenvalue weighted by Gasteiger charge is -2.23. The number of allylic oxidation sites excluding steroid dienone is 1. The highest BCUT2D eigenvalue weighted by molar-refractivity contribution is 7.88. The lowest BCUT2D eigenvalue weighted by Crippen LogP contribution is -2.22. The molecule has 3 nitrogen and oxygen atoms in total. The van der Waals surface area contributed by atoms with Crippen LogP contribution in [0.4, 0.5) is 11.4 Å². The monoisotopic (exact) mass is 204 g/mol. The van der Waals surface area contributed by atoms with E-state index in [1.807, 2.05) is 29.2 Å². The fourth-order valence-electron chi connectivity index (χ4n) is 1.68. The summed E-state index contributed by atoms with van der Waals surface area (Å²) < 4.78 is 11.4. The van der Waals surface area contributed by atoms with Gasteiger partial charge in [-0.2, -0.15) is 0 Å². The van der Waals surface area contributed by atoms with E-state index in [4.69, 9.17) is 0 Å². The number of fused-ring (bicyclic) bond motifs is 3. The molecule has 0 saturated carbocycles. The number of nitrogens with zero attached hydrogens (tertiary/aromatic N) is 2. The fraction of sp³-hybridized carbons (Fsp3) is 0.100. The van der Waals surface area contributed by atoms with Crippen LogP contribution in [0.5, 0.6) is 0 Å². The van der Waals surface area contributed by atoms with Gasteiger partial charge in [-0.3, -0.25) is 9.20 Å². The molecule has 70 valence electrons. The Morgan fingerprint density at radius 3 is 3.14 bits per heavy atom. The minimum absolute atomic E-state index is 0.554. The van der Waals surface area contributed by atoms with Gasteiger partial charge in [-0.05, 0) is 12.1 Å². The van der Waals surface area contributed by atoms with Gasteiger partial charge in [-0.25, -0.2) is 0 Å². The topological polar surface area (TPSA) is 32.7 Å². The standard InChI is InChI=1S/C10H8N2OS/c13-14-6-8-5-11-9-3-1-2-4-10(9)12(8)7-14/h1-6H,7H2. The summed E-state index contributed by atoms with van der Waals surface area (Å²) in [5.74, 6) is 0.554. The van der Waals surface area contributed by atoms with E-state index in [0.717, 1.165) is 17.1 Å². The normalized spacial score (nSPS) is 23.0. The van der Waals surface area contributed by atoms with E-state index in [0.29, 0.717) is 5.88 Å². The quantitative estimate of drug-likeness (QED) is 0.645. The number of hydrogen-bond acceptors (Lipinski definition) is 3. The first kappa shape index (κ1) is 7.94. The van der Waals surface area contributed by atoms with Gasteiger partial charge in [-0.15, -0.1) is 0 Å². The van der Waals surface area contributed by atoms with Crippen LogP contribution in [0, 0.1) is 0 Å². The molecule has 0 radical (unpaired) electrons. The second-order valence-corrected chi connectivity index (χ2v) is 4.48. The Labute approximate surface area is 84.2 Å². The Kier molecular flexibility index (Phi) is 1.58. The predicted octanol–water partition coefficient (Wildman–Crippen LogP) is 1.77. The lowest BCUT2D eigenvalue weighted by molar-refractivity contribution is 0.689. The van der Waals surface area contributed by atoms with Crippen LogP contribution < -0.4 is 4.90 Å². The van der Waals surface area contributed by atoms with E-state index >= 15 is 0 Å². The van der Waals surface area contributed by atoms with Crippen molar-refractivity contribution < 1.29 is 4.21 Å². The molecule has 2 aliphatic rings. The van der Waals surface area contributed by atoms with Crippen molar-refractivity contribution >= 4 is 28.4 Å². The molecule has 4 heteroatoms. The van der Waals surface area contributed by atoms with E-state index in [2.05, 4.69) is 4.99 Å². The summed E-state index contributed by atoms with van der Waals surface area (Å²) >= 11 is 0. The summed E-state index contributed by atoms with van der Waals surface area (Å²) in [6.07, 6.45) is 1.77. The van der Waals surface area contributed by atoms with Gasteiger partial charge in [-0.1, -0.05) is 12.1 Å². The maximum Gasteiger partial charge on any atom is 0.103 e. The number of para-hydroxylation sites is 2. The smallest absolute Gasteiger partial charge is 0.103 e. The third kappa shape index (κ3) is 1.04. The van der Waals surface area contributed by atoms with Crippen LogP contribution in [0.15, 0.2) is 40.4 Å². The third-order valence-corrected chi connectivity index (χ3v) is 3.35. The van der Waals surface area contributed by atoms with Crippen molar-refractivity contribution in [3.8, 4) is 0 Å². The van der Waals surface area contributed by atoms with Crippen molar-refractivity contribution in [2.75, 3.05) is 10.8 Å². The largest absolute Gasteiger partial charge is 0.325 e. The van der Waals surface area contributed by atoms with Gasteiger partial charge in [0, 0.05) is 5.41 Å². The first-order chi connectivity index (χ1) is 6.84. The summed E-state index contributed by atoms with van der Waals surface area (Å²) in [6.45, 7) is 0. The van der Waals surface area contributed by atoms with Crippen molar-refractivity contribution in [2.45, 2.75) is 0 Å². The molecule has 2 aliphatic heterocycles. The van der Waals surface area contributed by atoms with E-state index in [-0.39, 0.29) is 0 Å².